The number of hydrogen-bond donors (Lipinski definition) is 2. The second-order valence-electron chi connectivity index (χ2n) is 6.15. The summed E-state index contributed by atoms with van der Waals surface area (Å²) in [6.07, 6.45) is 0. The smallest absolute Gasteiger partial charge is 0.226 e. The van der Waals surface area contributed by atoms with Gasteiger partial charge in [-0.3, -0.25) is 9.78 Å². The van der Waals surface area contributed by atoms with E-state index in [1.807, 2.05) is 27.7 Å². The molecule has 1 atom stereocenters. The molecule has 20 heavy (non-hydrogen) atoms. The lowest BCUT2D eigenvalue weighted by molar-refractivity contribution is -0.128. The Morgan fingerprint density at radius 1 is 1.35 bits per heavy atom. The van der Waals surface area contributed by atoms with Crippen LogP contribution < -0.4 is 10.6 Å². The van der Waals surface area contributed by atoms with Gasteiger partial charge in [-0.25, -0.2) is 0 Å². The Kier molecular flexibility index (Phi) is 5.28. The summed E-state index contributed by atoms with van der Waals surface area (Å²) in [5.74, 6) is 0.0488. The summed E-state index contributed by atoms with van der Waals surface area (Å²) in [7, 11) is 1.67. The summed E-state index contributed by atoms with van der Waals surface area (Å²) in [5.41, 5.74) is 4.14. The van der Waals surface area contributed by atoms with Crippen molar-refractivity contribution in [1.82, 2.24) is 15.6 Å². The van der Waals surface area contributed by atoms with Gasteiger partial charge >= 0.3 is 0 Å². The maximum absolute atomic E-state index is 11.8. The minimum atomic E-state index is -0.428. The van der Waals surface area contributed by atoms with E-state index in [0.29, 0.717) is 6.54 Å². The summed E-state index contributed by atoms with van der Waals surface area (Å²) in [5, 5.41) is 6.16. The SMILES string of the molecule is CNC(=O)C(C)(C)CNC(C)c1c(C)cc(C)nc1C. The molecule has 0 saturated carbocycles. The van der Waals surface area contributed by atoms with E-state index in [1.54, 1.807) is 7.05 Å². The lowest BCUT2D eigenvalue weighted by Crippen LogP contribution is -2.42. The summed E-state index contributed by atoms with van der Waals surface area (Å²) in [6, 6.07) is 2.27. The normalized spacial score (nSPS) is 13.2. The van der Waals surface area contributed by atoms with Crippen LogP contribution in [0.3, 0.4) is 0 Å². The van der Waals surface area contributed by atoms with Gasteiger partial charge in [0.2, 0.25) is 5.91 Å². The van der Waals surface area contributed by atoms with Gasteiger partial charge in [0.25, 0.3) is 0 Å². The molecule has 0 fully saturated rings. The summed E-state index contributed by atoms with van der Waals surface area (Å²) < 4.78 is 0. The molecule has 2 N–H and O–H groups in total. The number of aryl methyl sites for hydroxylation is 3. The van der Waals surface area contributed by atoms with Crippen LogP contribution in [0, 0.1) is 26.2 Å². The number of pyridine rings is 1. The van der Waals surface area contributed by atoms with Crippen LogP contribution in [0.5, 0.6) is 0 Å². The molecule has 1 amide bonds. The fourth-order valence-corrected chi connectivity index (χ4v) is 2.62. The fourth-order valence-electron chi connectivity index (χ4n) is 2.62. The minimum absolute atomic E-state index is 0.0488. The third-order valence-electron chi connectivity index (χ3n) is 3.71. The van der Waals surface area contributed by atoms with E-state index in [9.17, 15) is 4.79 Å². The van der Waals surface area contributed by atoms with Gasteiger partial charge in [-0.1, -0.05) is 0 Å². The Labute approximate surface area is 122 Å². The summed E-state index contributed by atoms with van der Waals surface area (Å²) >= 11 is 0. The molecule has 0 aliphatic heterocycles. The molecule has 0 spiro atoms. The fraction of sp³-hybridized carbons (Fsp3) is 0.625. The number of amides is 1. The molecule has 0 aliphatic carbocycles. The molecule has 1 aromatic heterocycles. The second kappa shape index (κ2) is 6.35. The molecule has 0 aromatic carbocycles. The number of carbonyl (C=O) groups excluding carboxylic acids is 1. The van der Waals surface area contributed by atoms with E-state index in [0.717, 1.165) is 11.4 Å². The Morgan fingerprint density at radius 3 is 2.45 bits per heavy atom. The Hall–Kier alpha value is -1.42. The lowest BCUT2D eigenvalue weighted by Gasteiger charge is -2.26. The average Bonchev–Trinajstić information content (AvgIpc) is 2.34. The first-order chi connectivity index (χ1) is 9.19. The summed E-state index contributed by atoms with van der Waals surface area (Å²) in [4.78, 5) is 16.3. The van der Waals surface area contributed by atoms with Crippen LogP contribution in [0.25, 0.3) is 0 Å². The molecule has 1 rings (SSSR count). The zero-order valence-electron chi connectivity index (χ0n) is 13.7. The zero-order chi connectivity index (χ0) is 15.5. The van der Waals surface area contributed by atoms with Gasteiger partial charge in [0.15, 0.2) is 0 Å². The standard InChI is InChI=1S/C16H27N3O/c1-10-8-11(2)19-13(4)14(10)12(3)18-9-16(5,6)15(20)17-7/h8,12,18H,9H2,1-7H3,(H,17,20). The largest absolute Gasteiger partial charge is 0.359 e. The third-order valence-corrected chi connectivity index (χ3v) is 3.71. The molecule has 0 bridgehead atoms. The maximum Gasteiger partial charge on any atom is 0.226 e. The number of rotatable bonds is 5. The number of hydrogen-bond acceptors (Lipinski definition) is 3. The first kappa shape index (κ1) is 16.6. The quantitative estimate of drug-likeness (QED) is 0.869. The van der Waals surface area contributed by atoms with Gasteiger partial charge in [-0.05, 0) is 58.7 Å². The van der Waals surface area contributed by atoms with Crippen molar-refractivity contribution in [1.29, 1.82) is 0 Å². The number of nitrogens with zero attached hydrogens (tertiary/aromatic N) is 1. The predicted molar refractivity (Wildman–Crippen MR) is 82.7 cm³/mol. The van der Waals surface area contributed by atoms with Crippen molar-refractivity contribution in [2.45, 2.75) is 47.6 Å². The van der Waals surface area contributed by atoms with Gasteiger partial charge < -0.3 is 10.6 Å². The molecule has 4 nitrogen and oxygen atoms in total. The average molecular weight is 277 g/mol. The first-order valence-corrected chi connectivity index (χ1v) is 7.09. The van der Waals surface area contributed by atoms with Crippen molar-refractivity contribution in [3.63, 3.8) is 0 Å². The van der Waals surface area contributed by atoms with Gasteiger partial charge in [0.1, 0.15) is 0 Å². The van der Waals surface area contributed by atoms with Crippen molar-refractivity contribution < 1.29 is 4.79 Å². The molecular formula is C16H27N3O. The van der Waals surface area contributed by atoms with Crippen LogP contribution in [-0.4, -0.2) is 24.5 Å². The van der Waals surface area contributed by atoms with E-state index in [-0.39, 0.29) is 11.9 Å². The Morgan fingerprint density at radius 2 is 1.95 bits per heavy atom. The first-order valence-electron chi connectivity index (χ1n) is 7.09. The monoisotopic (exact) mass is 277 g/mol. The molecule has 0 aliphatic rings. The molecule has 0 radical (unpaired) electrons. The number of carbonyl (C=O) groups is 1. The van der Waals surface area contributed by atoms with E-state index in [2.05, 4.69) is 35.5 Å². The van der Waals surface area contributed by atoms with Crippen LogP contribution >= 0.6 is 0 Å². The summed E-state index contributed by atoms with van der Waals surface area (Å²) in [6.45, 7) is 12.8. The van der Waals surface area contributed by atoms with Crippen LogP contribution in [0.15, 0.2) is 6.07 Å². The molecular weight excluding hydrogens is 250 g/mol. The molecule has 1 aromatic rings. The molecule has 112 valence electrons. The highest BCUT2D eigenvalue weighted by molar-refractivity contribution is 5.81. The molecule has 1 unspecified atom stereocenters. The van der Waals surface area contributed by atoms with E-state index in [1.165, 1.54) is 11.1 Å². The van der Waals surface area contributed by atoms with Crippen LogP contribution in [0.4, 0.5) is 0 Å². The van der Waals surface area contributed by atoms with E-state index >= 15 is 0 Å². The Bertz CT molecular complexity index is 471. The highest BCUT2D eigenvalue weighted by Crippen LogP contribution is 2.23. The highest BCUT2D eigenvalue weighted by atomic mass is 16.2. The topological polar surface area (TPSA) is 54.0 Å². The van der Waals surface area contributed by atoms with Crippen LogP contribution in [0.2, 0.25) is 0 Å². The molecule has 0 saturated heterocycles. The maximum atomic E-state index is 11.8. The van der Waals surface area contributed by atoms with Gasteiger partial charge in [-0.2, -0.15) is 0 Å². The highest BCUT2D eigenvalue weighted by Gasteiger charge is 2.27. The van der Waals surface area contributed by atoms with Crippen molar-refractivity contribution >= 4 is 5.91 Å². The van der Waals surface area contributed by atoms with Crippen molar-refractivity contribution in [3.05, 3.63) is 28.6 Å². The number of aromatic nitrogens is 1. The van der Waals surface area contributed by atoms with Gasteiger partial charge in [-0.15, -0.1) is 0 Å². The molecule has 1 heterocycles. The van der Waals surface area contributed by atoms with Crippen LogP contribution in [0.1, 0.15) is 49.3 Å². The van der Waals surface area contributed by atoms with Crippen molar-refractivity contribution in [3.8, 4) is 0 Å². The third kappa shape index (κ3) is 3.79. The van der Waals surface area contributed by atoms with Gasteiger partial charge in [0.05, 0.1) is 5.41 Å². The lowest BCUT2D eigenvalue weighted by atomic mass is 9.91. The minimum Gasteiger partial charge on any atom is -0.359 e. The number of nitrogens with one attached hydrogen (secondary N) is 2. The molecule has 4 heteroatoms. The van der Waals surface area contributed by atoms with Crippen LogP contribution in [-0.2, 0) is 4.79 Å². The van der Waals surface area contributed by atoms with Crippen molar-refractivity contribution in [2.75, 3.05) is 13.6 Å². The second-order valence-corrected chi connectivity index (χ2v) is 6.15. The Balaban J connectivity index is 2.83. The van der Waals surface area contributed by atoms with E-state index in [4.69, 9.17) is 0 Å². The van der Waals surface area contributed by atoms with E-state index < -0.39 is 5.41 Å². The van der Waals surface area contributed by atoms with Gasteiger partial charge in [0, 0.05) is 31.0 Å². The predicted octanol–water partition coefficient (Wildman–Crippen LogP) is 2.43. The zero-order valence-corrected chi connectivity index (χ0v) is 13.7. The van der Waals surface area contributed by atoms with Crippen molar-refractivity contribution in [2.24, 2.45) is 5.41 Å².